The molecular weight excluding hydrogens is 362 g/mol. The summed E-state index contributed by atoms with van der Waals surface area (Å²) in [5.41, 5.74) is 3.23. The van der Waals surface area contributed by atoms with Crippen molar-refractivity contribution in [1.82, 2.24) is 15.2 Å². The Morgan fingerprint density at radius 3 is 2.62 bits per heavy atom. The summed E-state index contributed by atoms with van der Waals surface area (Å²) < 4.78 is 0. The molecule has 5 heteroatoms. The number of pyridine rings is 1. The van der Waals surface area contributed by atoms with Crippen molar-refractivity contribution in [3.05, 3.63) is 54.4 Å². The summed E-state index contributed by atoms with van der Waals surface area (Å²) in [5, 5.41) is 2.93. The fourth-order valence-corrected chi connectivity index (χ4v) is 4.58. The molecular formula is C24H29N3O2. The minimum Gasteiger partial charge on any atom is -0.353 e. The fraction of sp³-hybridized carbons (Fsp3) is 0.458. The molecule has 2 aliphatic rings. The normalized spacial score (nSPS) is 19.9. The summed E-state index contributed by atoms with van der Waals surface area (Å²) >= 11 is 0. The van der Waals surface area contributed by atoms with Crippen LogP contribution in [0.1, 0.15) is 44.1 Å². The molecule has 1 aromatic heterocycles. The Hall–Kier alpha value is -2.69. The van der Waals surface area contributed by atoms with Crippen molar-refractivity contribution < 1.29 is 9.59 Å². The third kappa shape index (κ3) is 4.84. The highest BCUT2D eigenvalue weighted by Gasteiger charge is 2.33. The number of carbonyl (C=O) groups is 2. The van der Waals surface area contributed by atoms with Crippen LogP contribution in [0, 0.1) is 5.92 Å². The molecule has 1 atom stereocenters. The van der Waals surface area contributed by atoms with E-state index in [2.05, 4.69) is 22.4 Å². The first-order valence-electron chi connectivity index (χ1n) is 10.8. The Morgan fingerprint density at radius 2 is 1.90 bits per heavy atom. The molecule has 1 saturated carbocycles. The van der Waals surface area contributed by atoms with Crippen LogP contribution in [0.2, 0.25) is 0 Å². The van der Waals surface area contributed by atoms with Crippen LogP contribution < -0.4 is 5.32 Å². The number of aromatic nitrogens is 1. The fourth-order valence-electron chi connectivity index (χ4n) is 4.58. The summed E-state index contributed by atoms with van der Waals surface area (Å²) in [6, 6.07) is 11.7. The standard InChI is InChI=1S/C24H29N3O2/c28-23(12-9-18-4-1-2-5-18)27-15-14-26-24(29)22(27)16-19-7-10-20(11-8-19)21-6-3-13-25-17-21/h3,6-8,10-11,13,17-18,22H,1-2,4-5,9,12,14-16H2,(H,26,29)/t22-/m1/s1. The number of benzene rings is 1. The Balaban J connectivity index is 1.41. The van der Waals surface area contributed by atoms with E-state index in [1.165, 1.54) is 25.7 Å². The highest BCUT2D eigenvalue weighted by Crippen LogP contribution is 2.29. The number of carbonyl (C=O) groups excluding carboxylic acids is 2. The molecule has 1 N–H and O–H groups in total. The summed E-state index contributed by atoms with van der Waals surface area (Å²) in [7, 11) is 0. The molecule has 1 saturated heterocycles. The largest absolute Gasteiger partial charge is 0.353 e. The SMILES string of the molecule is O=C1NCCN(C(=O)CCC2CCCC2)[C@@H]1Cc1ccc(-c2cccnc2)cc1. The molecule has 4 rings (SSSR count). The molecule has 2 amide bonds. The van der Waals surface area contributed by atoms with Crippen LogP contribution in [0.4, 0.5) is 0 Å². The molecule has 2 heterocycles. The molecule has 29 heavy (non-hydrogen) atoms. The van der Waals surface area contributed by atoms with Gasteiger partial charge in [0.1, 0.15) is 6.04 Å². The quantitative estimate of drug-likeness (QED) is 0.819. The Morgan fingerprint density at radius 1 is 1.10 bits per heavy atom. The van der Waals surface area contributed by atoms with Crippen molar-refractivity contribution in [2.24, 2.45) is 5.92 Å². The van der Waals surface area contributed by atoms with Crippen LogP contribution in [0.25, 0.3) is 11.1 Å². The maximum atomic E-state index is 12.9. The summed E-state index contributed by atoms with van der Waals surface area (Å²) in [4.78, 5) is 31.4. The third-order valence-corrected chi connectivity index (χ3v) is 6.27. The summed E-state index contributed by atoms with van der Waals surface area (Å²) in [6.07, 6.45) is 10.8. The molecule has 0 bridgehead atoms. The van der Waals surface area contributed by atoms with E-state index >= 15 is 0 Å². The zero-order chi connectivity index (χ0) is 20.1. The smallest absolute Gasteiger partial charge is 0.243 e. The zero-order valence-corrected chi connectivity index (χ0v) is 16.8. The second-order valence-electron chi connectivity index (χ2n) is 8.23. The number of hydrogen-bond acceptors (Lipinski definition) is 3. The van der Waals surface area contributed by atoms with Gasteiger partial charge in [-0.25, -0.2) is 0 Å². The highest BCUT2D eigenvalue weighted by atomic mass is 16.2. The van der Waals surface area contributed by atoms with E-state index in [0.29, 0.717) is 31.8 Å². The van der Waals surface area contributed by atoms with Crippen LogP contribution in [-0.2, 0) is 16.0 Å². The number of nitrogens with zero attached hydrogens (tertiary/aromatic N) is 2. The highest BCUT2D eigenvalue weighted by molar-refractivity contribution is 5.89. The maximum absolute atomic E-state index is 12.9. The van der Waals surface area contributed by atoms with Gasteiger partial charge in [0.2, 0.25) is 11.8 Å². The molecule has 0 spiro atoms. The van der Waals surface area contributed by atoms with Gasteiger partial charge in [0.25, 0.3) is 0 Å². The van der Waals surface area contributed by atoms with Gasteiger partial charge in [-0.05, 0) is 35.1 Å². The third-order valence-electron chi connectivity index (χ3n) is 6.27. The van der Waals surface area contributed by atoms with Gasteiger partial charge in [0.15, 0.2) is 0 Å². The first-order valence-corrected chi connectivity index (χ1v) is 10.8. The number of nitrogens with one attached hydrogen (secondary N) is 1. The van der Waals surface area contributed by atoms with E-state index in [1.807, 2.05) is 35.4 Å². The van der Waals surface area contributed by atoms with Crippen molar-refractivity contribution in [3.8, 4) is 11.1 Å². The van der Waals surface area contributed by atoms with Gasteiger partial charge in [0, 0.05) is 38.3 Å². The number of rotatable bonds is 6. The van der Waals surface area contributed by atoms with Gasteiger partial charge in [-0.3, -0.25) is 14.6 Å². The van der Waals surface area contributed by atoms with E-state index in [4.69, 9.17) is 0 Å². The van der Waals surface area contributed by atoms with E-state index in [9.17, 15) is 9.59 Å². The van der Waals surface area contributed by atoms with Crippen LogP contribution >= 0.6 is 0 Å². The van der Waals surface area contributed by atoms with E-state index in [1.54, 1.807) is 6.20 Å². The Bertz CT molecular complexity index is 829. The second-order valence-corrected chi connectivity index (χ2v) is 8.23. The van der Waals surface area contributed by atoms with Crippen molar-refractivity contribution in [2.45, 2.75) is 51.0 Å². The predicted octanol–water partition coefficient (Wildman–Crippen LogP) is 3.59. The minimum absolute atomic E-state index is 0.0400. The number of amides is 2. The zero-order valence-electron chi connectivity index (χ0n) is 16.8. The molecule has 0 radical (unpaired) electrons. The second kappa shape index (κ2) is 9.21. The predicted molar refractivity (Wildman–Crippen MR) is 113 cm³/mol. The van der Waals surface area contributed by atoms with Crippen LogP contribution in [0.5, 0.6) is 0 Å². The van der Waals surface area contributed by atoms with E-state index < -0.39 is 6.04 Å². The molecule has 1 aromatic carbocycles. The maximum Gasteiger partial charge on any atom is 0.243 e. The van der Waals surface area contributed by atoms with Crippen LogP contribution in [0.15, 0.2) is 48.8 Å². The summed E-state index contributed by atoms with van der Waals surface area (Å²) in [5.74, 6) is 0.779. The van der Waals surface area contributed by atoms with Crippen LogP contribution in [0.3, 0.4) is 0 Å². The van der Waals surface area contributed by atoms with Gasteiger partial charge in [0.05, 0.1) is 0 Å². The minimum atomic E-state index is -0.413. The molecule has 2 aromatic rings. The average molecular weight is 392 g/mol. The molecule has 2 fully saturated rings. The lowest BCUT2D eigenvalue weighted by molar-refractivity contribution is -0.143. The molecule has 152 valence electrons. The van der Waals surface area contributed by atoms with Gasteiger partial charge < -0.3 is 10.2 Å². The Labute approximate surface area is 172 Å². The van der Waals surface area contributed by atoms with Crippen LogP contribution in [-0.4, -0.2) is 40.8 Å². The van der Waals surface area contributed by atoms with Gasteiger partial charge in [-0.15, -0.1) is 0 Å². The van der Waals surface area contributed by atoms with Gasteiger partial charge in [-0.2, -0.15) is 0 Å². The monoisotopic (exact) mass is 391 g/mol. The lowest BCUT2D eigenvalue weighted by Gasteiger charge is -2.35. The first-order chi connectivity index (χ1) is 14.2. The van der Waals surface area contributed by atoms with Gasteiger partial charge >= 0.3 is 0 Å². The van der Waals surface area contributed by atoms with E-state index in [-0.39, 0.29) is 11.8 Å². The lowest BCUT2D eigenvalue weighted by atomic mass is 9.97. The Kier molecular flexibility index (Phi) is 6.23. The van der Waals surface area contributed by atoms with Crippen molar-refractivity contribution in [2.75, 3.05) is 13.1 Å². The first kappa shape index (κ1) is 19.6. The summed E-state index contributed by atoms with van der Waals surface area (Å²) in [6.45, 7) is 1.15. The molecule has 1 aliphatic heterocycles. The van der Waals surface area contributed by atoms with Gasteiger partial charge in [-0.1, -0.05) is 56.0 Å². The lowest BCUT2D eigenvalue weighted by Crippen LogP contribution is -2.58. The topological polar surface area (TPSA) is 62.3 Å². The van der Waals surface area contributed by atoms with E-state index in [0.717, 1.165) is 23.1 Å². The molecule has 5 nitrogen and oxygen atoms in total. The molecule has 1 aliphatic carbocycles. The average Bonchev–Trinajstić information content (AvgIpc) is 3.28. The molecule has 0 unspecified atom stereocenters. The van der Waals surface area contributed by atoms with Crippen molar-refractivity contribution in [1.29, 1.82) is 0 Å². The number of hydrogen-bond donors (Lipinski definition) is 1. The number of piperazine rings is 1. The van der Waals surface area contributed by atoms with Crippen molar-refractivity contribution >= 4 is 11.8 Å². The van der Waals surface area contributed by atoms with Crippen molar-refractivity contribution in [3.63, 3.8) is 0 Å².